The number of nitrogens with one attached hydrogen (secondary N) is 2. The van der Waals surface area contributed by atoms with E-state index in [0.717, 1.165) is 24.8 Å². The van der Waals surface area contributed by atoms with Gasteiger partial charge in [0, 0.05) is 50.5 Å². The number of fused-ring (bicyclic) bond motifs is 1. The van der Waals surface area contributed by atoms with Crippen molar-refractivity contribution in [2.75, 3.05) is 44.5 Å². The van der Waals surface area contributed by atoms with Crippen molar-refractivity contribution < 1.29 is 18.7 Å². The van der Waals surface area contributed by atoms with E-state index in [4.69, 9.17) is 21.1 Å². The molecule has 10 heteroatoms. The van der Waals surface area contributed by atoms with Gasteiger partial charge in [-0.05, 0) is 37.1 Å². The third-order valence-corrected chi connectivity index (χ3v) is 5.77. The SMILES string of the molecule is CN(C)C(=O)C=CCNc1cc2c(Nc3ccc(F)c(Cl)c3)ncnc2cc1OC[C@@H]1CCCO1. The minimum absolute atomic E-state index is 0.0135. The highest BCUT2D eigenvalue weighted by atomic mass is 35.5. The number of likely N-dealkylation sites (N-methyl/N-ethyl adjacent to an activating group) is 1. The second-order valence-corrected chi connectivity index (χ2v) is 8.71. The molecule has 0 saturated carbocycles. The fourth-order valence-electron chi connectivity index (χ4n) is 3.59. The molecule has 4 rings (SSSR count). The van der Waals surface area contributed by atoms with Crippen LogP contribution < -0.4 is 15.4 Å². The van der Waals surface area contributed by atoms with Crippen LogP contribution in [0, 0.1) is 5.82 Å². The Kier molecular flexibility index (Phi) is 7.99. The van der Waals surface area contributed by atoms with Gasteiger partial charge < -0.3 is 25.0 Å². The summed E-state index contributed by atoms with van der Waals surface area (Å²) >= 11 is 5.93. The highest BCUT2D eigenvalue weighted by molar-refractivity contribution is 6.31. The Balaban J connectivity index is 1.62. The maximum atomic E-state index is 13.6. The molecule has 1 atom stereocenters. The largest absolute Gasteiger partial charge is 0.489 e. The molecular weight excluding hydrogens is 473 g/mol. The molecule has 3 aromatic rings. The van der Waals surface area contributed by atoms with Crippen LogP contribution in [0.1, 0.15) is 12.8 Å². The van der Waals surface area contributed by atoms with Crippen LogP contribution >= 0.6 is 11.6 Å². The second-order valence-electron chi connectivity index (χ2n) is 8.30. The average Bonchev–Trinajstić information content (AvgIpc) is 3.36. The number of anilines is 3. The summed E-state index contributed by atoms with van der Waals surface area (Å²) in [6.07, 6.45) is 6.75. The van der Waals surface area contributed by atoms with Gasteiger partial charge in [-0.1, -0.05) is 17.7 Å². The number of carbonyl (C=O) groups excluding carboxylic acids is 1. The lowest BCUT2D eigenvalue weighted by atomic mass is 10.1. The number of halogens is 2. The summed E-state index contributed by atoms with van der Waals surface area (Å²) < 4.78 is 25.4. The van der Waals surface area contributed by atoms with Crippen molar-refractivity contribution in [3.8, 4) is 5.75 Å². The Labute approximate surface area is 208 Å². The van der Waals surface area contributed by atoms with Crippen LogP contribution in [0.5, 0.6) is 5.75 Å². The number of ether oxygens (including phenoxy) is 2. The van der Waals surface area contributed by atoms with Crippen molar-refractivity contribution in [3.05, 3.63) is 59.7 Å². The van der Waals surface area contributed by atoms with Crippen LogP contribution in [0.15, 0.2) is 48.8 Å². The van der Waals surface area contributed by atoms with Crippen LogP contribution in [0.4, 0.5) is 21.6 Å². The molecule has 0 unspecified atom stereocenters. The lowest BCUT2D eigenvalue weighted by Gasteiger charge is -2.17. The van der Waals surface area contributed by atoms with Crippen LogP contribution in [0.2, 0.25) is 5.02 Å². The molecule has 0 spiro atoms. The normalized spacial score (nSPS) is 15.5. The van der Waals surface area contributed by atoms with Gasteiger partial charge in [0.15, 0.2) is 0 Å². The molecule has 1 saturated heterocycles. The number of benzene rings is 2. The minimum atomic E-state index is -0.495. The molecule has 2 heterocycles. The molecule has 0 aliphatic carbocycles. The van der Waals surface area contributed by atoms with Gasteiger partial charge in [0.1, 0.15) is 30.3 Å². The molecule has 184 valence electrons. The van der Waals surface area contributed by atoms with Crippen molar-refractivity contribution in [1.29, 1.82) is 0 Å². The number of hydrogen-bond donors (Lipinski definition) is 2. The maximum Gasteiger partial charge on any atom is 0.245 e. The maximum absolute atomic E-state index is 13.6. The first-order valence-corrected chi connectivity index (χ1v) is 11.7. The Hall–Kier alpha value is -3.43. The quantitative estimate of drug-likeness (QED) is 0.409. The number of rotatable bonds is 9. The zero-order chi connectivity index (χ0) is 24.8. The fraction of sp³-hybridized carbons (Fsp3) is 0.320. The molecule has 1 aliphatic heterocycles. The molecule has 1 amide bonds. The van der Waals surface area contributed by atoms with Gasteiger partial charge in [0.05, 0.1) is 22.3 Å². The summed E-state index contributed by atoms with van der Waals surface area (Å²) in [5, 5.41) is 7.23. The van der Waals surface area contributed by atoms with Crippen LogP contribution in [-0.4, -0.2) is 60.7 Å². The fourth-order valence-corrected chi connectivity index (χ4v) is 3.77. The summed E-state index contributed by atoms with van der Waals surface area (Å²) in [7, 11) is 3.40. The van der Waals surface area contributed by atoms with Gasteiger partial charge in [-0.2, -0.15) is 0 Å². The van der Waals surface area contributed by atoms with E-state index in [0.29, 0.717) is 41.6 Å². The van der Waals surface area contributed by atoms with E-state index in [1.165, 1.54) is 29.4 Å². The molecule has 0 bridgehead atoms. The van der Waals surface area contributed by atoms with Crippen molar-refractivity contribution >= 4 is 45.6 Å². The van der Waals surface area contributed by atoms with E-state index in [9.17, 15) is 9.18 Å². The zero-order valence-electron chi connectivity index (χ0n) is 19.6. The van der Waals surface area contributed by atoms with E-state index in [1.54, 1.807) is 26.2 Å². The summed E-state index contributed by atoms with van der Waals surface area (Å²) in [4.78, 5) is 22.1. The van der Waals surface area contributed by atoms with Crippen molar-refractivity contribution in [1.82, 2.24) is 14.9 Å². The highest BCUT2D eigenvalue weighted by Crippen LogP contribution is 2.34. The molecule has 1 fully saturated rings. The Morgan fingerprint density at radius 1 is 1.31 bits per heavy atom. The van der Waals surface area contributed by atoms with Crippen LogP contribution in [-0.2, 0) is 9.53 Å². The van der Waals surface area contributed by atoms with E-state index in [2.05, 4.69) is 20.6 Å². The molecule has 2 N–H and O–H groups in total. The van der Waals surface area contributed by atoms with Crippen molar-refractivity contribution in [2.45, 2.75) is 18.9 Å². The lowest BCUT2D eigenvalue weighted by molar-refractivity contribution is -0.123. The first kappa shape index (κ1) is 24.7. The minimum Gasteiger partial charge on any atom is -0.489 e. The predicted octanol–water partition coefficient (Wildman–Crippen LogP) is 4.78. The van der Waals surface area contributed by atoms with Gasteiger partial charge in [0.25, 0.3) is 0 Å². The number of hydrogen-bond acceptors (Lipinski definition) is 7. The highest BCUT2D eigenvalue weighted by Gasteiger charge is 2.18. The van der Waals surface area contributed by atoms with Crippen molar-refractivity contribution in [2.24, 2.45) is 0 Å². The molecule has 1 aromatic heterocycles. The number of amides is 1. The predicted molar refractivity (Wildman–Crippen MR) is 135 cm³/mol. The lowest BCUT2D eigenvalue weighted by Crippen LogP contribution is -2.19. The summed E-state index contributed by atoms with van der Waals surface area (Å²) in [5.41, 5.74) is 1.98. The topological polar surface area (TPSA) is 88.6 Å². The zero-order valence-corrected chi connectivity index (χ0v) is 20.3. The molecular formula is C25H27ClFN5O3. The van der Waals surface area contributed by atoms with Gasteiger partial charge in [-0.3, -0.25) is 4.79 Å². The Bertz CT molecular complexity index is 1230. The van der Waals surface area contributed by atoms with E-state index in [-0.39, 0.29) is 17.0 Å². The third-order valence-electron chi connectivity index (χ3n) is 5.48. The monoisotopic (exact) mass is 499 g/mol. The summed E-state index contributed by atoms with van der Waals surface area (Å²) in [5.74, 6) is 0.558. The van der Waals surface area contributed by atoms with Gasteiger partial charge in [0.2, 0.25) is 5.91 Å². The van der Waals surface area contributed by atoms with E-state index >= 15 is 0 Å². The Morgan fingerprint density at radius 3 is 2.91 bits per heavy atom. The number of nitrogens with zero attached hydrogens (tertiary/aromatic N) is 3. The van der Waals surface area contributed by atoms with Crippen LogP contribution in [0.3, 0.4) is 0 Å². The van der Waals surface area contributed by atoms with Gasteiger partial charge in [-0.15, -0.1) is 0 Å². The van der Waals surface area contributed by atoms with Crippen LogP contribution in [0.25, 0.3) is 10.9 Å². The molecule has 35 heavy (non-hydrogen) atoms. The smallest absolute Gasteiger partial charge is 0.245 e. The Morgan fingerprint density at radius 2 is 2.17 bits per heavy atom. The second kappa shape index (κ2) is 11.3. The molecule has 8 nitrogen and oxygen atoms in total. The third kappa shape index (κ3) is 6.37. The van der Waals surface area contributed by atoms with E-state index < -0.39 is 5.82 Å². The number of carbonyl (C=O) groups is 1. The first-order valence-electron chi connectivity index (χ1n) is 11.3. The van der Waals surface area contributed by atoms with E-state index in [1.807, 2.05) is 12.1 Å². The average molecular weight is 500 g/mol. The molecule has 2 aromatic carbocycles. The van der Waals surface area contributed by atoms with Crippen molar-refractivity contribution in [3.63, 3.8) is 0 Å². The summed E-state index contributed by atoms with van der Waals surface area (Å²) in [6.45, 7) is 1.59. The van der Waals surface area contributed by atoms with Gasteiger partial charge >= 0.3 is 0 Å². The molecule has 1 aliphatic rings. The van der Waals surface area contributed by atoms with Gasteiger partial charge in [-0.25, -0.2) is 14.4 Å². The first-order chi connectivity index (χ1) is 16.9. The molecule has 0 radical (unpaired) electrons. The number of aromatic nitrogens is 2. The summed E-state index contributed by atoms with van der Waals surface area (Å²) in [6, 6.07) is 8.09. The standard InChI is InChI=1S/C25H27ClFN5O3/c1-32(2)24(33)6-3-9-28-22-12-18-21(13-23(22)35-14-17-5-4-10-34-17)29-15-30-25(18)31-16-7-8-20(27)19(26)11-16/h3,6-8,11-13,15,17,28H,4-5,9-10,14H2,1-2H3,(H,29,30,31)/t17-/m0/s1.